The standard InChI is InChI=1S/C18H15N3O2S/c22-16-12-6-1-2-9-15(12)24-17(20-16)13-7-5-8-14(19-13)18(23)21-10-3-4-11-21/h1-2,5-9H,3-4,10-11H2. The van der Waals surface area contributed by atoms with Gasteiger partial charge in [-0.1, -0.05) is 18.2 Å². The minimum atomic E-state index is -0.266. The minimum Gasteiger partial charge on any atom is -0.337 e. The van der Waals surface area contributed by atoms with Crippen molar-refractivity contribution < 1.29 is 4.79 Å². The van der Waals surface area contributed by atoms with Crippen molar-refractivity contribution in [2.24, 2.45) is 0 Å². The molecule has 0 spiro atoms. The predicted octanol–water partition coefficient (Wildman–Crippen LogP) is 2.95. The van der Waals surface area contributed by atoms with E-state index in [0.717, 1.165) is 30.6 Å². The van der Waals surface area contributed by atoms with Crippen molar-refractivity contribution in [2.45, 2.75) is 12.8 Å². The lowest BCUT2D eigenvalue weighted by atomic mass is 10.2. The van der Waals surface area contributed by atoms with E-state index in [0.29, 0.717) is 21.8 Å². The van der Waals surface area contributed by atoms with Crippen LogP contribution in [0.2, 0.25) is 0 Å². The third-order valence-electron chi connectivity index (χ3n) is 4.11. The van der Waals surface area contributed by atoms with Crippen molar-refractivity contribution in [3.63, 3.8) is 0 Å². The van der Waals surface area contributed by atoms with Gasteiger partial charge in [0.1, 0.15) is 10.7 Å². The van der Waals surface area contributed by atoms with Crippen molar-refractivity contribution >= 4 is 27.3 Å². The number of benzene rings is 1. The van der Waals surface area contributed by atoms with Gasteiger partial charge in [0.05, 0.1) is 11.1 Å². The molecular weight excluding hydrogens is 322 g/mol. The molecule has 1 aliphatic heterocycles. The van der Waals surface area contributed by atoms with Crippen LogP contribution in [0, 0.1) is 0 Å². The SMILES string of the molecule is O=C(c1cccc(-c2nc(=O)c3ccccc3s2)n1)N1CCCC1. The molecule has 120 valence electrons. The number of pyridine rings is 1. The molecule has 0 saturated carbocycles. The summed E-state index contributed by atoms with van der Waals surface area (Å²) in [6.07, 6.45) is 2.08. The molecule has 3 heterocycles. The van der Waals surface area contributed by atoms with E-state index in [1.807, 2.05) is 23.1 Å². The second-order valence-corrected chi connectivity index (χ2v) is 6.76. The molecule has 0 unspecified atom stereocenters. The van der Waals surface area contributed by atoms with Crippen molar-refractivity contribution in [1.29, 1.82) is 0 Å². The van der Waals surface area contributed by atoms with Gasteiger partial charge in [-0.3, -0.25) is 9.59 Å². The van der Waals surface area contributed by atoms with Crippen LogP contribution >= 0.6 is 11.3 Å². The summed E-state index contributed by atoms with van der Waals surface area (Å²) in [7, 11) is 0. The van der Waals surface area contributed by atoms with Crippen LogP contribution in [0.3, 0.4) is 0 Å². The third-order valence-corrected chi connectivity index (χ3v) is 5.18. The van der Waals surface area contributed by atoms with Crippen LogP contribution in [0.15, 0.2) is 47.3 Å². The van der Waals surface area contributed by atoms with E-state index in [1.54, 1.807) is 24.3 Å². The predicted molar refractivity (Wildman–Crippen MR) is 94.3 cm³/mol. The van der Waals surface area contributed by atoms with E-state index in [-0.39, 0.29) is 11.5 Å². The molecule has 6 heteroatoms. The topological polar surface area (TPSA) is 63.2 Å². The Kier molecular flexibility index (Phi) is 3.82. The molecule has 4 rings (SSSR count). The first-order valence-electron chi connectivity index (χ1n) is 7.89. The summed E-state index contributed by atoms with van der Waals surface area (Å²) >= 11 is 1.41. The summed E-state index contributed by atoms with van der Waals surface area (Å²) in [6, 6.07) is 12.7. The number of fused-ring (bicyclic) bond motifs is 1. The van der Waals surface area contributed by atoms with Crippen molar-refractivity contribution in [2.75, 3.05) is 13.1 Å². The number of hydrogen-bond acceptors (Lipinski definition) is 5. The molecule has 0 atom stereocenters. The maximum absolute atomic E-state index is 12.5. The first-order valence-corrected chi connectivity index (χ1v) is 8.70. The van der Waals surface area contributed by atoms with Gasteiger partial charge in [-0.25, -0.2) is 4.98 Å². The second kappa shape index (κ2) is 6.13. The lowest BCUT2D eigenvalue weighted by Crippen LogP contribution is -2.28. The van der Waals surface area contributed by atoms with Crippen LogP contribution < -0.4 is 5.56 Å². The number of nitrogens with zero attached hydrogens (tertiary/aromatic N) is 3. The summed E-state index contributed by atoms with van der Waals surface area (Å²) in [5.41, 5.74) is 0.703. The lowest BCUT2D eigenvalue weighted by Gasteiger charge is -2.14. The largest absolute Gasteiger partial charge is 0.337 e. The average Bonchev–Trinajstić information content (AvgIpc) is 3.16. The number of rotatable bonds is 2. The molecule has 1 fully saturated rings. The van der Waals surface area contributed by atoms with Gasteiger partial charge in [0.25, 0.3) is 11.5 Å². The fourth-order valence-corrected chi connectivity index (χ4v) is 3.84. The normalized spacial score (nSPS) is 14.2. The molecule has 3 aromatic rings. The summed E-state index contributed by atoms with van der Waals surface area (Å²) in [4.78, 5) is 35.1. The molecule has 2 aromatic heterocycles. The van der Waals surface area contributed by atoms with Gasteiger partial charge in [0.15, 0.2) is 0 Å². The zero-order valence-electron chi connectivity index (χ0n) is 12.9. The molecule has 0 radical (unpaired) electrons. The lowest BCUT2D eigenvalue weighted by molar-refractivity contribution is 0.0787. The van der Waals surface area contributed by atoms with E-state index in [4.69, 9.17) is 0 Å². The van der Waals surface area contributed by atoms with Crippen LogP contribution in [-0.4, -0.2) is 33.9 Å². The summed E-state index contributed by atoms with van der Waals surface area (Å²) in [5.74, 6) is -0.0533. The first kappa shape index (κ1) is 15.0. The Morgan fingerprint density at radius 2 is 1.79 bits per heavy atom. The monoisotopic (exact) mass is 337 g/mol. The Morgan fingerprint density at radius 3 is 2.62 bits per heavy atom. The number of aromatic nitrogens is 2. The van der Waals surface area contributed by atoms with Gasteiger partial charge in [0, 0.05) is 17.8 Å². The van der Waals surface area contributed by atoms with E-state index in [2.05, 4.69) is 9.97 Å². The maximum atomic E-state index is 12.5. The summed E-state index contributed by atoms with van der Waals surface area (Å²) in [6.45, 7) is 1.57. The Hall–Kier alpha value is -2.60. The van der Waals surface area contributed by atoms with E-state index in [1.165, 1.54) is 11.3 Å². The highest BCUT2D eigenvalue weighted by Crippen LogP contribution is 2.25. The highest BCUT2D eigenvalue weighted by Gasteiger charge is 2.21. The molecule has 0 N–H and O–H groups in total. The number of hydrogen-bond donors (Lipinski definition) is 0. The Balaban J connectivity index is 1.76. The highest BCUT2D eigenvalue weighted by molar-refractivity contribution is 7.21. The molecule has 0 bridgehead atoms. The molecule has 5 nitrogen and oxygen atoms in total. The number of likely N-dealkylation sites (tertiary alicyclic amines) is 1. The fourth-order valence-electron chi connectivity index (χ4n) is 2.88. The first-order chi connectivity index (χ1) is 11.7. The van der Waals surface area contributed by atoms with Gasteiger partial charge in [-0.05, 0) is 37.1 Å². The average molecular weight is 337 g/mol. The smallest absolute Gasteiger partial charge is 0.279 e. The van der Waals surface area contributed by atoms with Crippen LogP contribution in [0.4, 0.5) is 0 Å². The van der Waals surface area contributed by atoms with E-state index >= 15 is 0 Å². The van der Waals surface area contributed by atoms with Gasteiger partial charge in [0.2, 0.25) is 0 Å². The van der Waals surface area contributed by atoms with E-state index < -0.39 is 0 Å². The molecular formula is C18H15N3O2S. The van der Waals surface area contributed by atoms with Crippen LogP contribution in [-0.2, 0) is 0 Å². The number of amides is 1. The molecule has 1 aliphatic rings. The van der Waals surface area contributed by atoms with Gasteiger partial charge >= 0.3 is 0 Å². The van der Waals surface area contributed by atoms with Crippen molar-refractivity contribution in [1.82, 2.24) is 14.9 Å². The number of carbonyl (C=O) groups is 1. The van der Waals surface area contributed by atoms with Gasteiger partial charge < -0.3 is 4.90 Å². The van der Waals surface area contributed by atoms with Crippen molar-refractivity contribution in [3.05, 3.63) is 58.5 Å². The minimum absolute atomic E-state index is 0.0533. The Morgan fingerprint density at radius 1 is 1.00 bits per heavy atom. The highest BCUT2D eigenvalue weighted by atomic mass is 32.1. The van der Waals surface area contributed by atoms with Crippen molar-refractivity contribution in [3.8, 4) is 10.7 Å². The van der Waals surface area contributed by atoms with Crippen LogP contribution in [0.1, 0.15) is 23.3 Å². The molecule has 0 aliphatic carbocycles. The van der Waals surface area contributed by atoms with Crippen LogP contribution in [0.5, 0.6) is 0 Å². The van der Waals surface area contributed by atoms with Gasteiger partial charge in [-0.2, -0.15) is 4.98 Å². The second-order valence-electron chi connectivity index (χ2n) is 5.73. The quantitative estimate of drug-likeness (QED) is 0.721. The summed E-state index contributed by atoms with van der Waals surface area (Å²) in [5, 5.41) is 1.14. The van der Waals surface area contributed by atoms with E-state index in [9.17, 15) is 9.59 Å². The zero-order valence-corrected chi connectivity index (χ0v) is 13.8. The van der Waals surface area contributed by atoms with Gasteiger partial charge in [-0.15, -0.1) is 11.3 Å². The Labute approximate surface area is 142 Å². The molecule has 1 aromatic carbocycles. The number of carbonyl (C=O) groups excluding carboxylic acids is 1. The molecule has 1 saturated heterocycles. The zero-order chi connectivity index (χ0) is 16.5. The maximum Gasteiger partial charge on any atom is 0.279 e. The molecule has 1 amide bonds. The third kappa shape index (κ3) is 2.69. The van der Waals surface area contributed by atoms with Crippen LogP contribution in [0.25, 0.3) is 20.8 Å². The Bertz CT molecular complexity index is 977. The summed E-state index contributed by atoms with van der Waals surface area (Å²) < 4.78 is 0.866. The molecule has 24 heavy (non-hydrogen) atoms. The fraction of sp³-hybridized carbons (Fsp3) is 0.222.